The molecule has 0 aromatic rings. The van der Waals surface area contributed by atoms with Gasteiger partial charge in [-0.1, -0.05) is 13.8 Å². The van der Waals surface area contributed by atoms with Crippen LogP contribution in [0.15, 0.2) is 0 Å². The second-order valence-electron chi connectivity index (χ2n) is 4.28. The van der Waals surface area contributed by atoms with E-state index in [4.69, 9.17) is 5.11 Å². The summed E-state index contributed by atoms with van der Waals surface area (Å²) in [6.07, 6.45) is 2.99. The lowest BCUT2D eigenvalue weighted by Gasteiger charge is -2.33. The van der Waals surface area contributed by atoms with Gasteiger partial charge in [0.2, 0.25) is 5.91 Å². The number of rotatable bonds is 3. The van der Waals surface area contributed by atoms with Gasteiger partial charge in [-0.05, 0) is 25.2 Å². The summed E-state index contributed by atoms with van der Waals surface area (Å²) in [5.41, 5.74) is 0. The molecule has 2 unspecified atom stereocenters. The molecule has 1 saturated heterocycles. The largest absolute Gasteiger partial charge is 0.396 e. The second kappa shape index (κ2) is 5.35. The molecule has 14 heavy (non-hydrogen) atoms. The Morgan fingerprint density at radius 1 is 1.64 bits per heavy atom. The molecule has 2 atom stereocenters. The van der Waals surface area contributed by atoms with Gasteiger partial charge in [-0.25, -0.2) is 0 Å². The molecule has 3 nitrogen and oxygen atoms in total. The van der Waals surface area contributed by atoms with Crippen molar-refractivity contribution in [2.75, 3.05) is 19.7 Å². The molecule has 82 valence electrons. The van der Waals surface area contributed by atoms with Crippen LogP contribution in [-0.4, -0.2) is 35.6 Å². The van der Waals surface area contributed by atoms with E-state index >= 15 is 0 Å². The highest BCUT2D eigenvalue weighted by molar-refractivity contribution is 5.78. The smallest absolute Gasteiger partial charge is 0.225 e. The maximum absolute atomic E-state index is 11.8. The third-order valence-corrected chi connectivity index (χ3v) is 3.12. The summed E-state index contributed by atoms with van der Waals surface area (Å²) in [7, 11) is 0. The van der Waals surface area contributed by atoms with Crippen LogP contribution in [0.2, 0.25) is 0 Å². The minimum atomic E-state index is 0.132. The first kappa shape index (κ1) is 11.5. The zero-order chi connectivity index (χ0) is 10.6. The standard InChI is InChI=1S/C11H21NO2/c1-3-9(2)11(14)12-6-4-5-10(7-12)8-13/h9-10,13H,3-8H2,1-2H3. The van der Waals surface area contributed by atoms with Gasteiger partial charge in [-0.3, -0.25) is 4.79 Å². The van der Waals surface area contributed by atoms with Gasteiger partial charge in [0.05, 0.1) is 0 Å². The molecular formula is C11H21NO2. The van der Waals surface area contributed by atoms with Gasteiger partial charge in [-0.2, -0.15) is 0 Å². The number of carbonyl (C=O) groups excluding carboxylic acids is 1. The van der Waals surface area contributed by atoms with Crippen molar-refractivity contribution in [1.29, 1.82) is 0 Å². The van der Waals surface area contributed by atoms with Crippen molar-refractivity contribution in [3.8, 4) is 0 Å². The van der Waals surface area contributed by atoms with E-state index in [2.05, 4.69) is 0 Å². The molecular weight excluding hydrogens is 178 g/mol. The number of piperidine rings is 1. The van der Waals surface area contributed by atoms with Crippen LogP contribution in [0.1, 0.15) is 33.1 Å². The fourth-order valence-electron chi connectivity index (χ4n) is 1.90. The maximum atomic E-state index is 11.8. The fourth-order valence-corrected chi connectivity index (χ4v) is 1.90. The minimum absolute atomic E-state index is 0.132. The molecule has 0 radical (unpaired) electrons. The van der Waals surface area contributed by atoms with E-state index in [1.54, 1.807) is 0 Å². The summed E-state index contributed by atoms with van der Waals surface area (Å²) in [6.45, 7) is 5.85. The molecule has 0 aromatic heterocycles. The Labute approximate surface area is 86.1 Å². The highest BCUT2D eigenvalue weighted by Gasteiger charge is 2.25. The summed E-state index contributed by atoms with van der Waals surface area (Å²) in [5.74, 6) is 0.690. The van der Waals surface area contributed by atoms with Crippen molar-refractivity contribution < 1.29 is 9.90 Å². The zero-order valence-electron chi connectivity index (χ0n) is 9.20. The molecule has 1 fully saturated rings. The SMILES string of the molecule is CCC(C)C(=O)N1CCCC(CO)C1. The normalized spacial score (nSPS) is 24.8. The number of aliphatic hydroxyl groups is 1. The van der Waals surface area contributed by atoms with Gasteiger partial charge in [0, 0.05) is 25.6 Å². The minimum Gasteiger partial charge on any atom is -0.396 e. The Morgan fingerprint density at radius 2 is 2.36 bits per heavy atom. The van der Waals surface area contributed by atoms with E-state index in [0.717, 1.165) is 32.4 Å². The van der Waals surface area contributed by atoms with Gasteiger partial charge < -0.3 is 10.0 Å². The number of nitrogens with zero attached hydrogens (tertiary/aromatic N) is 1. The summed E-state index contributed by atoms with van der Waals surface area (Å²) in [6, 6.07) is 0. The number of likely N-dealkylation sites (tertiary alicyclic amines) is 1. The highest BCUT2D eigenvalue weighted by atomic mass is 16.3. The van der Waals surface area contributed by atoms with Crippen molar-refractivity contribution in [3.05, 3.63) is 0 Å². The molecule has 0 saturated carbocycles. The number of carbonyl (C=O) groups is 1. The summed E-state index contributed by atoms with van der Waals surface area (Å²) in [5, 5.41) is 9.05. The molecule has 0 spiro atoms. The van der Waals surface area contributed by atoms with Gasteiger partial charge in [0.15, 0.2) is 0 Å². The first-order valence-corrected chi connectivity index (χ1v) is 5.58. The van der Waals surface area contributed by atoms with E-state index in [0.29, 0.717) is 5.92 Å². The van der Waals surface area contributed by atoms with E-state index in [-0.39, 0.29) is 18.4 Å². The third kappa shape index (κ3) is 2.71. The number of hydrogen-bond acceptors (Lipinski definition) is 2. The van der Waals surface area contributed by atoms with Crippen LogP contribution in [0.5, 0.6) is 0 Å². The van der Waals surface area contributed by atoms with Crippen LogP contribution >= 0.6 is 0 Å². The Hall–Kier alpha value is -0.570. The first-order chi connectivity index (χ1) is 6.69. The molecule has 0 bridgehead atoms. The number of aliphatic hydroxyl groups excluding tert-OH is 1. The van der Waals surface area contributed by atoms with Gasteiger partial charge >= 0.3 is 0 Å². The molecule has 1 amide bonds. The van der Waals surface area contributed by atoms with Crippen molar-refractivity contribution in [2.45, 2.75) is 33.1 Å². The van der Waals surface area contributed by atoms with Crippen molar-refractivity contribution in [1.82, 2.24) is 4.90 Å². The summed E-state index contributed by atoms with van der Waals surface area (Å²) >= 11 is 0. The van der Waals surface area contributed by atoms with Crippen LogP contribution in [0, 0.1) is 11.8 Å². The van der Waals surface area contributed by atoms with E-state index < -0.39 is 0 Å². The van der Waals surface area contributed by atoms with Crippen LogP contribution in [0.25, 0.3) is 0 Å². The average molecular weight is 199 g/mol. The zero-order valence-corrected chi connectivity index (χ0v) is 9.20. The first-order valence-electron chi connectivity index (χ1n) is 5.58. The Morgan fingerprint density at radius 3 is 2.93 bits per heavy atom. The molecule has 3 heteroatoms. The maximum Gasteiger partial charge on any atom is 0.225 e. The van der Waals surface area contributed by atoms with E-state index in [9.17, 15) is 4.79 Å². The molecule has 1 N–H and O–H groups in total. The second-order valence-corrected chi connectivity index (χ2v) is 4.28. The lowest BCUT2D eigenvalue weighted by atomic mass is 9.97. The van der Waals surface area contributed by atoms with Crippen molar-refractivity contribution in [2.24, 2.45) is 11.8 Å². The van der Waals surface area contributed by atoms with Crippen molar-refractivity contribution in [3.63, 3.8) is 0 Å². The van der Waals surface area contributed by atoms with Crippen LogP contribution in [-0.2, 0) is 4.79 Å². The molecule has 1 aliphatic rings. The highest BCUT2D eigenvalue weighted by Crippen LogP contribution is 2.18. The lowest BCUT2D eigenvalue weighted by molar-refractivity contribution is -0.137. The molecule has 1 heterocycles. The Bertz CT molecular complexity index is 194. The third-order valence-electron chi connectivity index (χ3n) is 3.12. The van der Waals surface area contributed by atoms with Gasteiger partial charge in [-0.15, -0.1) is 0 Å². The van der Waals surface area contributed by atoms with Crippen LogP contribution in [0.3, 0.4) is 0 Å². The summed E-state index contributed by atoms with van der Waals surface area (Å²) in [4.78, 5) is 13.8. The topological polar surface area (TPSA) is 40.5 Å². The summed E-state index contributed by atoms with van der Waals surface area (Å²) < 4.78 is 0. The van der Waals surface area contributed by atoms with E-state index in [1.165, 1.54) is 0 Å². The molecule has 1 rings (SSSR count). The van der Waals surface area contributed by atoms with Crippen LogP contribution < -0.4 is 0 Å². The Balaban J connectivity index is 2.47. The fraction of sp³-hybridized carbons (Fsp3) is 0.909. The molecule has 0 aromatic carbocycles. The van der Waals surface area contributed by atoms with E-state index in [1.807, 2.05) is 18.7 Å². The molecule has 1 aliphatic heterocycles. The van der Waals surface area contributed by atoms with Gasteiger partial charge in [0.25, 0.3) is 0 Å². The Kier molecular flexibility index (Phi) is 4.39. The number of hydrogen-bond donors (Lipinski definition) is 1. The quantitative estimate of drug-likeness (QED) is 0.743. The lowest BCUT2D eigenvalue weighted by Crippen LogP contribution is -2.43. The monoisotopic (exact) mass is 199 g/mol. The molecule has 0 aliphatic carbocycles. The predicted octanol–water partition coefficient (Wildman–Crippen LogP) is 1.26. The van der Waals surface area contributed by atoms with Gasteiger partial charge in [0.1, 0.15) is 0 Å². The van der Waals surface area contributed by atoms with Crippen LogP contribution in [0.4, 0.5) is 0 Å². The predicted molar refractivity (Wildman–Crippen MR) is 55.8 cm³/mol. The number of amides is 1. The average Bonchev–Trinajstić information content (AvgIpc) is 2.27. The van der Waals surface area contributed by atoms with Crippen molar-refractivity contribution >= 4 is 5.91 Å².